The third-order valence-electron chi connectivity index (χ3n) is 13.4. The van der Waals surface area contributed by atoms with Gasteiger partial charge < -0.3 is 25.5 Å². The van der Waals surface area contributed by atoms with E-state index in [1.165, 1.54) is 5.57 Å². The van der Waals surface area contributed by atoms with Gasteiger partial charge in [-0.15, -0.1) is 0 Å². The molecule has 36 heavy (non-hydrogen) atoms. The largest absolute Gasteiger partial charge is 0.481 e. The second-order valence-electron chi connectivity index (χ2n) is 14.9. The molecule has 0 saturated heterocycles. The van der Waals surface area contributed by atoms with Gasteiger partial charge in [-0.05, 0) is 97.2 Å². The van der Waals surface area contributed by atoms with Gasteiger partial charge >= 0.3 is 5.97 Å². The molecular formula is C30H48O6. The number of allylic oxidation sites excluding steroid dienone is 2. The minimum Gasteiger partial charge on any atom is -0.481 e. The summed E-state index contributed by atoms with van der Waals surface area (Å²) in [5, 5.41) is 53.1. The zero-order chi connectivity index (χ0) is 26.5. The summed E-state index contributed by atoms with van der Waals surface area (Å²) in [6.45, 7) is 11.0. The Morgan fingerprint density at radius 1 is 0.917 bits per heavy atom. The Labute approximate surface area is 216 Å². The summed E-state index contributed by atoms with van der Waals surface area (Å²) >= 11 is 0. The molecule has 0 radical (unpaired) electrons. The second kappa shape index (κ2) is 8.03. The molecule has 5 aliphatic rings. The molecule has 0 amide bonds. The van der Waals surface area contributed by atoms with Gasteiger partial charge in [-0.1, -0.05) is 46.3 Å². The predicted molar refractivity (Wildman–Crippen MR) is 137 cm³/mol. The molecule has 0 aromatic heterocycles. The highest BCUT2D eigenvalue weighted by molar-refractivity contribution is 5.76. The van der Waals surface area contributed by atoms with E-state index < -0.39 is 29.0 Å². The minimum absolute atomic E-state index is 0.0653. The number of aliphatic hydroxyl groups is 4. The molecule has 204 valence electrons. The van der Waals surface area contributed by atoms with Crippen LogP contribution < -0.4 is 0 Å². The standard InChI is InChI=1S/C30H48O6/c1-25(16-31)10-12-30(24(35)36)13-11-28(4)18(19(30)14-25)6-7-22-26(2)15-20(33)23(34)27(3,17-32)21(26)8-9-29(22,28)5/h6,19-23,31-34H,7-17H2,1-5H3,(H,35,36)/t19-,20-,21+,22+,23-,25-,26-,27-,28+,29+,30-/m0/s1. The van der Waals surface area contributed by atoms with Crippen molar-refractivity contribution in [1.29, 1.82) is 0 Å². The van der Waals surface area contributed by atoms with Crippen molar-refractivity contribution in [3.8, 4) is 0 Å². The lowest BCUT2D eigenvalue weighted by Crippen LogP contribution is -2.68. The summed E-state index contributed by atoms with van der Waals surface area (Å²) in [5.74, 6) is -0.360. The van der Waals surface area contributed by atoms with Crippen LogP contribution in [0.15, 0.2) is 11.6 Å². The summed E-state index contributed by atoms with van der Waals surface area (Å²) in [6, 6.07) is 0. The number of hydrogen-bond acceptors (Lipinski definition) is 5. The fraction of sp³-hybridized carbons (Fsp3) is 0.900. The number of carbonyl (C=O) groups is 1. The van der Waals surface area contributed by atoms with Gasteiger partial charge in [0.05, 0.1) is 24.2 Å². The van der Waals surface area contributed by atoms with Crippen LogP contribution in [0, 0.1) is 50.2 Å². The van der Waals surface area contributed by atoms with Crippen LogP contribution in [-0.2, 0) is 4.79 Å². The van der Waals surface area contributed by atoms with Gasteiger partial charge in [-0.2, -0.15) is 0 Å². The topological polar surface area (TPSA) is 118 Å². The average molecular weight is 505 g/mol. The number of aliphatic hydroxyl groups excluding tert-OH is 4. The lowest BCUT2D eigenvalue weighted by Gasteiger charge is -2.71. The van der Waals surface area contributed by atoms with Crippen molar-refractivity contribution in [2.24, 2.45) is 50.2 Å². The van der Waals surface area contributed by atoms with E-state index in [1.54, 1.807) is 0 Å². The molecular weight excluding hydrogens is 456 g/mol. The molecule has 5 aliphatic carbocycles. The highest BCUT2D eigenvalue weighted by Gasteiger charge is 2.70. The van der Waals surface area contributed by atoms with Gasteiger partial charge in [0, 0.05) is 12.0 Å². The maximum Gasteiger partial charge on any atom is 0.310 e. The molecule has 0 unspecified atom stereocenters. The first-order valence-electron chi connectivity index (χ1n) is 14.2. The maximum atomic E-state index is 12.8. The number of carboxylic acids is 1. The van der Waals surface area contributed by atoms with Crippen LogP contribution in [0.1, 0.15) is 92.4 Å². The zero-order valence-corrected chi connectivity index (χ0v) is 22.9. The van der Waals surface area contributed by atoms with Crippen molar-refractivity contribution >= 4 is 5.97 Å². The Kier molecular flexibility index (Phi) is 5.95. The first-order valence-corrected chi connectivity index (χ1v) is 14.2. The van der Waals surface area contributed by atoms with Gasteiger partial charge in [0.25, 0.3) is 0 Å². The summed E-state index contributed by atoms with van der Waals surface area (Å²) in [5.41, 5.74) is -0.896. The third kappa shape index (κ3) is 3.08. The van der Waals surface area contributed by atoms with Crippen LogP contribution in [0.2, 0.25) is 0 Å². The second-order valence-corrected chi connectivity index (χ2v) is 14.9. The lowest BCUT2D eigenvalue weighted by molar-refractivity contribution is -0.243. The van der Waals surface area contributed by atoms with Crippen molar-refractivity contribution in [2.45, 2.75) is 105 Å². The molecule has 6 heteroatoms. The van der Waals surface area contributed by atoms with Crippen molar-refractivity contribution in [1.82, 2.24) is 0 Å². The molecule has 0 heterocycles. The molecule has 0 spiro atoms. The number of hydrogen-bond donors (Lipinski definition) is 5. The molecule has 6 nitrogen and oxygen atoms in total. The maximum absolute atomic E-state index is 12.8. The van der Waals surface area contributed by atoms with Gasteiger partial charge in [0.15, 0.2) is 0 Å². The molecule has 0 bridgehead atoms. The van der Waals surface area contributed by atoms with Crippen LogP contribution in [-0.4, -0.2) is 56.9 Å². The van der Waals surface area contributed by atoms with E-state index in [-0.39, 0.29) is 52.6 Å². The summed E-state index contributed by atoms with van der Waals surface area (Å²) < 4.78 is 0. The smallest absolute Gasteiger partial charge is 0.310 e. The molecule has 11 atom stereocenters. The van der Waals surface area contributed by atoms with Crippen LogP contribution in [0.3, 0.4) is 0 Å². The zero-order valence-electron chi connectivity index (χ0n) is 22.9. The SMILES string of the molecule is C[C@]1(CO)CC[C@]2(C(=O)O)CC[C@]3(C)C(=CC[C@@H]4[C@@]5(C)C[C@H](O)[C@H](O)[C@@](C)(CO)[C@@H]5CC[C@]43C)[C@@H]2C1. The summed E-state index contributed by atoms with van der Waals surface area (Å²) in [6.07, 6.45) is 7.37. The van der Waals surface area contributed by atoms with E-state index in [2.05, 4.69) is 33.8 Å². The van der Waals surface area contributed by atoms with Crippen LogP contribution in [0.5, 0.6) is 0 Å². The molecule has 0 aliphatic heterocycles. The first kappa shape index (κ1) is 26.6. The van der Waals surface area contributed by atoms with Crippen molar-refractivity contribution in [3.05, 3.63) is 11.6 Å². The van der Waals surface area contributed by atoms with E-state index >= 15 is 0 Å². The predicted octanol–water partition coefficient (Wildman–Crippen LogP) is 4.15. The van der Waals surface area contributed by atoms with Gasteiger partial charge in [0.1, 0.15) is 0 Å². The summed E-state index contributed by atoms with van der Waals surface area (Å²) in [7, 11) is 0. The highest BCUT2D eigenvalue weighted by Crippen LogP contribution is 2.75. The van der Waals surface area contributed by atoms with Gasteiger partial charge in [0.2, 0.25) is 0 Å². The highest BCUT2D eigenvalue weighted by atomic mass is 16.4. The van der Waals surface area contributed by atoms with Crippen molar-refractivity contribution < 1.29 is 30.3 Å². The van der Waals surface area contributed by atoms with Crippen molar-refractivity contribution in [3.63, 3.8) is 0 Å². The Morgan fingerprint density at radius 3 is 2.19 bits per heavy atom. The monoisotopic (exact) mass is 504 g/mol. The number of carboxylic acid groups (broad SMARTS) is 1. The number of fused-ring (bicyclic) bond motifs is 7. The molecule has 0 aromatic carbocycles. The Morgan fingerprint density at radius 2 is 1.58 bits per heavy atom. The van der Waals surface area contributed by atoms with E-state index in [0.29, 0.717) is 25.7 Å². The quantitative estimate of drug-likeness (QED) is 0.369. The van der Waals surface area contributed by atoms with Crippen LogP contribution in [0.4, 0.5) is 0 Å². The average Bonchev–Trinajstić information content (AvgIpc) is 2.83. The fourth-order valence-corrected chi connectivity index (χ4v) is 10.8. The Balaban J connectivity index is 1.61. The normalized spacial score (nSPS) is 56.5. The first-order chi connectivity index (χ1) is 16.7. The number of aliphatic carboxylic acids is 1. The molecule has 4 saturated carbocycles. The van der Waals surface area contributed by atoms with E-state index in [4.69, 9.17) is 0 Å². The van der Waals surface area contributed by atoms with E-state index in [9.17, 15) is 30.3 Å². The third-order valence-corrected chi connectivity index (χ3v) is 13.4. The fourth-order valence-electron chi connectivity index (χ4n) is 10.8. The Bertz CT molecular complexity index is 963. The summed E-state index contributed by atoms with van der Waals surface area (Å²) in [4.78, 5) is 12.8. The molecule has 4 fully saturated rings. The van der Waals surface area contributed by atoms with Gasteiger partial charge in [-0.25, -0.2) is 0 Å². The Hall–Kier alpha value is -0.950. The lowest BCUT2D eigenvalue weighted by atomic mass is 9.33. The molecule has 5 rings (SSSR count). The minimum atomic E-state index is -0.931. The number of rotatable bonds is 3. The molecule has 0 aromatic rings. The van der Waals surface area contributed by atoms with Crippen LogP contribution in [0.25, 0.3) is 0 Å². The molecule has 5 N–H and O–H groups in total. The van der Waals surface area contributed by atoms with Gasteiger partial charge in [-0.3, -0.25) is 4.79 Å². The van der Waals surface area contributed by atoms with E-state index in [0.717, 1.165) is 32.1 Å². The van der Waals surface area contributed by atoms with Crippen molar-refractivity contribution in [2.75, 3.05) is 13.2 Å². The van der Waals surface area contributed by atoms with E-state index in [1.807, 2.05) is 6.92 Å². The van der Waals surface area contributed by atoms with Crippen LogP contribution >= 0.6 is 0 Å².